The molecule has 1 aromatic carbocycles. The van der Waals surface area contributed by atoms with E-state index in [1.165, 1.54) is 0 Å². The van der Waals surface area contributed by atoms with Gasteiger partial charge in [0, 0.05) is 12.1 Å². The minimum absolute atomic E-state index is 0.143. The fourth-order valence-electron chi connectivity index (χ4n) is 1.56. The Bertz CT molecular complexity index is 360. The SMILES string of the molecule is O=[N+]([O-])c1ccc(CCNC2COC2)cc1. The Balaban J connectivity index is 1.78. The summed E-state index contributed by atoms with van der Waals surface area (Å²) in [4.78, 5) is 10.1. The highest BCUT2D eigenvalue weighted by atomic mass is 16.6. The van der Waals surface area contributed by atoms with E-state index >= 15 is 0 Å². The van der Waals surface area contributed by atoms with Gasteiger partial charge in [-0.3, -0.25) is 10.1 Å². The average molecular weight is 222 g/mol. The first kappa shape index (κ1) is 11.0. The van der Waals surface area contributed by atoms with E-state index in [1.807, 2.05) is 0 Å². The zero-order chi connectivity index (χ0) is 11.4. The maximum absolute atomic E-state index is 10.4. The molecule has 1 aromatic rings. The van der Waals surface area contributed by atoms with E-state index in [1.54, 1.807) is 24.3 Å². The summed E-state index contributed by atoms with van der Waals surface area (Å²) < 4.78 is 5.04. The number of nitrogens with zero attached hydrogens (tertiary/aromatic N) is 1. The van der Waals surface area contributed by atoms with Crippen LogP contribution in [0.3, 0.4) is 0 Å². The van der Waals surface area contributed by atoms with Gasteiger partial charge in [0.1, 0.15) is 0 Å². The molecule has 0 atom stereocenters. The molecule has 1 N–H and O–H groups in total. The molecule has 16 heavy (non-hydrogen) atoms. The Morgan fingerprint density at radius 1 is 1.38 bits per heavy atom. The molecule has 1 aliphatic heterocycles. The highest BCUT2D eigenvalue weighted by molar-refractivity contribution is 5.32. The van der Waals surface area contributed by atoms with Crippen molar-refractivity contribution in [2.75, 3.05) is 19.8 Å². The molecule has 5 nitrogen and oxygen atoms in total. The zero-order valence-electron chi connectivity index (χ0n) is 8.89. The van der Waals surface area contributed by atoms with Crippen LogP contribution in [0.25, 0.3) is 0 Å². The van der Waals surface area contributed by atoms with Gasteiger partial charge in [0.05, 0.1) is 24.2 Å². The van der Waals surface area contributed by atoms with E-state index in [2.05, 4.69) is 5.32 Å². The monoisotopic (exact) mass is 222 g/mol. The van der Waals surface area contributed by atoms with Gasteiger partial charge in [-0.2, -0.15) is 0 Å². The summed E-state index contributed by atoms with van der Waals surface area (Å²) in [5.41, 5.74) is 1.25. The molecule has 0 bridgehead atoms. The summed E-state index contributed by atoms with van der Waals surface area (Å²) in [5, 5.41) is 13.8. The lowest BCUT2D eigenvalue weighted by Gasteiger charge is -2.26. The number of rotatable bonds is 5. The standard InChI is InChI=1S/C11H14N2O3/c14-13(15)11-3-1-9(2-4-11)5-6-12-10-7-16-8-10/h1-4,10,12H,5-8H2. The second kappa shape index (κ2) is 5.05. The number of ether oxygens (including phenoxy) is 1. The van der Waals surface area contributed by atoms with Crippen molar-refractivity contribution in [2.24, 2.45) is 0 Å². The van der Waals surface area contributed by atoms with Crippen LogP contribution >= 0.6 is 0 Å². The maximum atomic E-state index is 10.4. The second-order valence-corrected chi connectivity index (χ2v) is 3.86. The summed E-state index contributed by atoms with van der Waals surface area (Å²) >= 11 is 0. The van der Waals surface area contributed by atoms with E-state index < -0.39 is 0 Å². The van der Waals surface area contributed by atoms with Crippen LogP contribution in [-0.2, 0) is 11.2 Å². The zero-order valence-corrected chi connectivity index (χ0v) is 8.89. The van der Waals surface area contributed by atoms with Crippen LogP contribution in [0.4, 0.5) is 5.69 Å². The predicted molar refractivity (Wildman–Crippen MR) is 59.4 cm³/mol. The average Bonchev–Trinajstić information content (AvgIpc) is 2.22. The van der Waals surface area contributed by atoms with Crippen molar-refractivity contribution >= 4 is 5.69 Å². The normalized spacial score (nSPS) is 15.8. The molecule has 0 aromatic heterocycles. The van der Waals surface area contributed by atoms with Gasteiger partial charge in [0.2, 0.25) is 0 Å². The third-order valence-corrected chi connectivity index (χ3v) is 2.63. The molecule has 0 saturated carbocycles. The summed E-state index contributed by atoms with van der Waals surface area (Å²) in [5.74, 6) is 0. The van der Waals surface area contributed by atoms with Gasteiger partial charge in [-0.05, 0) is 18.5 Å². The Labute approximate surface area is 93.6 Å². The van der Waals surface area contributed by atoms with Crippen molar-refractivity contribution in [2.45, 2.75) is 12.5 Å². The van der Waals surface area contributed by atoms with Crippen LogP contribution in [0.15, 0.2) is 24.3 Å². The molecule has 1 aliphatic rings. The quantitative estimate of drug-likeness (QED) is 0.599. The summed E-state index contributed by atoms with van der Waals surface area (Å²) in [6.45, 7) is 2.46. The molecule has 0 spiro atoms. The number of nitro benzene ring substituents is 1. The summed E-state index contributed by atoms with van der Waals surface area (Å²) in [6.07, 6.45) is 0.883. The fraction of sp³-hybridized carbons (Fsp3) is 0.455. The number of benzene rings is 1. The topological polar surface area (TPSA) is 64.4 Å². The van der Waals surface area contributed by atoms with Crippen LogP contribution < -0.4 is 5.32 Å². The maximum Gasteiger partial charge on any atom is 0.269 e. The van der Waals surface area contributed by atoms with Crippen molar-refractivity contribution in [3.8, 4) is 0 Å². The number of nitrogens with one attached hydrogen (secondary N) is 1. The molecule has 2 rings (SSSR count). The lowest BCUT2D eigenvalue weighted by Crippen LogP contribution is -2.46. The first-order chi connectivity index (χ1) is 7.75. The smallest absolute Gasteiger partial charge is 0.269 e. The Morgan fingerprint density at radius 3 is 2.56 bits per heavy atom. The second-order valence-electron chi connectivity index (χ2n) is 3.86. The predicted octanol–water partition coefficient (Wildman–Crippen LogP) is 1.13. The van der Waals surface area contributed by atoms with Gasteiger partial charge < -0.3 is 10.1 Å². The van der Waals surface area contributed by atoms with Crippen molar-refractivity contribution < 1.29 is 9.66 Å². The van der Waals surface area contributed by atoms with Gasteiger partial charge in [-0.1, -0.05) is 12.1 Å². The van der Waals surface area contributed by atoms with Gasteiger partial charge in [0.25, 0.3) is 5.69 Å². The Kier molecular flexibility index (Phi) is 3.48. The summed E-state index contributed by atoms with van der Waals surface area (Å²) in [7, 11) is 0. The van der Waals surface area contributed by atoms with Gasteiger partial charge in [0.15, 0.2) is 0 Å². The third-order valence-electron chi connectivity index (χ3n) is 2.63. The molecule has 1 heterocycles. The Morgan fingerprint density at radius 2 is 2.06 bits per heavy atom. The van der Waals surface area contributed by atoms with Crippen molar-refractivity contribution in [3.05, 3.63) is 39.9 Å². The lowest BCUT2D eigenvalue weighted by molar-refractivity contribution is -0.384. The lowest BCUT2D eigenvalue weighted by atomic mass is 10.1. The summed E-state index contributed by atoms with van der Waals surface area (Å²) in [6, 6.07) is 7.18. The van der Waals surface area contributed by atoms with Crippen molar-refractivity contribution in [1.29, 1.82) is 0 Å². The van der Waals surface area contributed by atoms with Crippen LogP contribution in [0, 0.1) is 10.1 Å². The fourth-order valence-corrected chi connectivity index (χ4v) is 1.56. The highest BCUT2D eigenvalue weighted by Gasteiger charge is 2.16. The molecular formula is C11H14N2O3. The minimum atomic E-state index is -0.381. The minimum Gasteiger partial charge on any atom is -0.378 e. The molecule has 1 fully saturated rings. The molecule has 0 aliphatic carbocycles. The van der Waals surface area contributed by atoms with Crippen LogP contribution in [0.2, 0.25) is 0 Å². The number of nitro groups is 1. The molecule has 0 unspecified atom stereocenters. The Hall–Kier alpha value is -1.46. The van der Waals surface area contributed by atoms with E-state index in [4.69, 9.17) is 4.74 Å². The highest BCUT2D eigenvalue weighted by Crippen LogP contribution is 2.12. The third kappa shape index (κ3) is 2.77. The van der Waals surface area contributed by atoms with E-state index in [9.17, 15) is 10.1 Å². The van der Waals surface area contributed by atoms with Crippen LogP contribution in [0.5, 0.6) is 0 Å². The van der Waals surface area contributed by atoms with Gasteiger partial charge >= 0.3 is 0 Å². The van der Waals surface area contributed by atoms with E-state index in [0.29, 0.717) is 6.04 Å². The number of hydrogen-bond donors (Lipinski definition) is 1. The van der Waals surface area contributed by atoms with Crippen LogP contribution in [0.1, 0.15) is 5.56 Å². The largest absolute Gasteiger partial charge is 0.378 e. The molecule has 0 radical (unpaired) electrons. The van der Waals surface area contributed by atoms with E-state index in [0.717, 1.165) is 31.7 Å². The molecule has 0 amide bonds. The first-order valence-corrected chi connectivity index (χ1v) is 5.30. The molecule has 86 valence electrons. The van der Waals surface area contributed by atoms with Crippen molar-refractivity contribution in [1.82, 2.24) is 5.32 Å². The van der Waals surface area contributed by atoms with Gasteiger partial charge in [-0.15, -0.1) is 0 Å². The van der Waals surface area contributed by atoms with Crippen LogP contribution in [-0.4, -0.2) is 30.7 Å². The molecule has 5 heteroatoms. The number of hydrogen-bond acceptors (Lipinski definition) is 4. The molecule has 1 saturated heterocycles. The van der Waals surface area contributed by atoms with Gasteiger partial charge in [-0.25, -0.2) is 0 Å². The first-order valence-electron chi connectivity index (χ1n) is 5.30. The van der Waals surface area contributed by atoms with E-state index in [-0.39, 0.29) is 10.6 Å². The number of non-ortho nitro benzene ring substituents is 1. The molecular weight excluding hydrogens is 208 g/mol. The van der Waals surface area contributed by atoms with Crippen molar-refractivity contribution in [3.63, 3.8) is 0 Å².